The van der Waals surface area contributed by atoms with E-state index in [2.05, 4.69) is 0 Å². The van der Waals surface area contributed by atoms with Gasteiger partial charge in [0.05, 0.1) is 6.10 Å². The van der Waals surface area contributed by atoms with E-state index in [-0.39, 0.29) is 0 Å². The fourth-order valence-electron chi connectivity index (χ4n) is 0.0891. The van der Waals surface area contributed by atoms with Crippen molar-refractivity contribution in [3.63, 3.8) is 0 Å². The molecular formula is C4H8FO. The van der Waals surface area contributed by atoms with Crippen LogP contribution in [0.1, 0.15) is 6.92 Å². The van der Waals surface area contributed by atoms with E-state index in [1.54, 1.807) is 6.92 Å². The largest absolute Gasteiger partial charge is 0.390 e. The lowest BCUT2D eigenvalue weighted by molar-refractivity contribution is 0.169. The molecule has 0 bridgehead atoms. The van der Waals surface area contributed by atoms with Crippen molar-refractivity contribution < 1.29 is 9.50 Å². The van der Waals surface area contributed by atoms with Gasteiger partial charge in [0, 0.05) is 0 Å². The molecule has 2 heteroatoms. The molecule has 0 saturated carbocycles. The van der Waals surface area contributed by atoms with Gasteiger partial charge in [0.25, 0.3) is 0 Å². The maximum absolute atomic E-state index is 11.1. The number of halogens is 1. The highest BCUT2D eigenvalue weighted by atomic mass is 19.1. The van der Waals surface area contributed by atoms with Gasteiger partial charge < -0.3 is 5.11 Å². The Morgan fingerprint density at radius 1 is 2.00 bits per heavy atom. The first kappa shape index (κ1) is 5.89. The molecule has 0 amide bonds. The molecule has 0 rings (SSSR count). The van der Waals surface area contributed by atoms with Crippen molar-refractivity contribution in [2.45, 2.75) is 13.0 Å². The van der Waals surface area contributed by atoms with Crippen molar-refractivity contribution in [2.24, 2.45) is 0 Å². The molecule has 1 N–H and O–H groups in total. The van der Waals surface area contributed by atoms with Crippen molar-refractivity contribution >= 4 is 0 Å². The Labute approximate surface area is 36.8 Å². The highest BCUT2D eigenvalue weighted by Gasteiger charge is 1.94. The van der Waals surface area contributed by atoms with Gasteiger partial charge in [-0.1, -0.05) is 6.92 Å². The van der Waals surface area contributed by atoms with Crippen LogP contribution in [-0.4, -0.2) is 17.9 Å². The van der Waals surface area contributed by atoms with Crippen LogP contribution >= 0.6 is 0 Å². The summed E-state index contributed by atoms with van der Waals surface area (Å²) in [5, 5.41) is 8.24. The SMILES string of the molecule is C[CH]C(O)CF. The monoisotopic (exact) mass is 91.1 g/mol. The van der Waals surface area contributed by atoms with Gasteiger partial charge in [0.1, 0.15) is 6.67 Å². The lowest BCUT2D eigenvalue weighted by atomic mass is 10.3. The average molecular weight is 91.1 g/mol. The predicted molar refractivity (Wildman–Crippen MR) is 22.0 cm³/mol. The summed E-state index contributed by atoms with van der Waals surface area (Å²) in [6.07, 6.45) is 0.546. The van der Waals surface area contributed by atoms with E-state index >= 15 is 0 Å². The van der Waals surface area contributed by atoms with Gasteiger partial charge in [0.2, 0.25) is 0 Å². The summed E-state index contributed by atoms with van der Waals surface area (Å²) in [6, 6.07) is 0. The molecule has 37 valence electrons. The van der Waals surface area contributed by atoms with E-state index in [9.17, 15) is 4.39 Å². The van der Waals surface area contributed by atoms with Gasteiger partial charge in [-0.05, 0) is 6.42 Å². The van der Waals surface area contributed by atoms with Crippen molar-refractivity contribution in [3.8, 4) is 0 Å². The lowest BCUT2D eigenvalue weighted by Gasteiger charge is -1.95. The normalized spacial score (nSPS) is 14.5. The molecular weight excluding hydrogens is 83.0 g/mol. The Morgan fingerprint density at radius 3 is 2.50 bits per heavy atom. The number of aliphatic hydroxyl groups is 1. The van der Waals surface area contributed by atoms with Crippen molar-refractivity contribution in [1.82, 2.24) is 0 Å². The summed E-state index contributed by atoms with van der Waals surface area (Å²) in [6.45, 7) is 0.945. The smallest absolute Gasteiger partial charge is 0.116 e. The fourth-order valence-corrected chi connectivity index (χ4v) is 0.0891. The lowest BCUT2D eigenvalue weighted by Crippen LogP contribution is -2.05. The third-order valence-electron chi connectivity index (χ3n) is 0.543. The van der Waals surface area contributed by atoms with Gasteiger partial charge in [-0.15, -0.1) is 0 Å². The fraction of sp³-hybridized carbons (Fsp3) is 0.750. The molecule has 0 aliphatic carbocycles. The quantitative estimate of drug-likeness (QED) is 0.526. The summed E-state index contributed by atoms with van der Waals surface area (Å²) in [4.78, 5) is 0. The molecule has 0 aromatic heterocycles. The molecule has 1 unspecified atom stereocenters. The Bertz CT molecular complexity index is 26.7. The molecule has 6 heavy (non-hydrogen) atoms. The van der Waals surface area contributed by atoms with Gasteiger partial charge in [-0.2, -0.15) is 0 Å². The zero-order chi connectivity index (χ0) is 4.99. The third kappa shape index (κ3) is 2.15. The number of rotatable bonds is 2. The minimum Gasteiger partial charge on any atom is -0.390 e. The van der Waals surface area contributed by atoms with E-state index in [4.69, 9.17) is 5.11 Å². The summed E-state index contributed by atoms with van der Waals surface area (Å²) in [5.74, 6) is 0. The molecule has 1 atom stereocenters. The molecule has 0 spiro atoms. The molecule has 0 aromatic rings. The topological polar surface area (TPSA) is 20.2 Å². The van der Waals surface area contributed by atoms with Gasteiger partial charge >= 0.3 is 0 Å². The van der Waals surface area contributed by atoms with Crippen LogP contribution < -0.4 is 0 Å². The maximum Gasteiger partial charge on any atom is 0.116 e. The van der Waals surface area contributed by atoms with E-state index in [0.717, 1.165) is 0 Å². The molecule has 0 aromatic carbocycles. The van der Waals surface area contributed by atoms with E-state index in [1.165, 1.54) is 6.42 Å². The molecule has 0 aliphatic rings. The summed E-state index contributed by atoms with van der Waals surface area (Å²) >= 11 is 0. The van der Waals surface area contributed by atoms with Crippen LogP contribution in [0.5, 0.6) is 0 Å². The van der Waals surface area contributed by atoms with Crippen molar-refractivity contribution in [3.05, 3.63) is 6.42 Å². The number of hydrogen-bond donors (Lipinski definition) is 1. The second-order valence-corrected chi connectivity index (χ2v) is 1.05. The first-order valence-corrected chi connectivity index (χ1v) is 1.84. The Kier molecular flexibility index (Phi) is 3.04. The van der Waals surface area contributed by atoms with Crippen LogP contribution in [0, 0.1) is 6.42 Å². The minimum absolute atomic E-state index is 0.670. The van der Waals surface area contributed by atoms with Gasteiger partial charge in [0.15, 0.2) is 0 Å². The Hall–Kier alpha value is -0.110. The first-order valence-electron chi connectivity index (χ1n) is 1.84. The van der Waals surface area contributed by atoms with Crippen LogP contribution in [0.2, 0.25) is 0 Å². The zero-order valence-electron chi connectivity index (χ0n) is 3.69. The molecule has 0 aliphatic heterocycles. The molecule has 0 heterocycles. The van der Waals surface area contributed by atoms with Crippen LogP contribution in [0.15, 0.2) is 0 Å². The van der Waals surface area contributed by atoms with E-state index < -0.39 is 12.8 Å². The van der Waals surface area contributed by atoms with Crippen LogP contribution in [0.3, 0.4) is 0 Å². The Morgan fingerprint density at radius 2 is 2.50 bits per heavy atom. The molecule has 0 fully saturated rings. The van der Waals surface area contributed by atoms with Crippen LogP contribution in [0.4, 0.5) is 4.39 Å². The number of aliphatic hydroxyl groups excluding tert-OH is 1. The van der Waals surface area contributed by atoms with Crippen molar-refractivity contribution in [1.29, 1.82) is 0 Å². The highest BCUT2D eigenvalue weighted by Crippen LogP contribution is 1.85. The summed E-state index contributed by atoms with van der Waals surface area (Å²) < 4.78 is 11.1. The van der Waals surface area contributed by atoms with Crippen LogP contribution in [-0.2, 0) is 0 Å². The first-order chi connectivity index (χ1) is 2.81. The summed E-state index contributed by atoms with van der Waals surface area (Å²) in [7, 11) is 0. The van der Waals surface area contributed by atoms with E-state index in [0.29, 0.717) is 0 Å². The standard InChI is InChI=1S/C4H8FO/c1-2-4(6)3-5/h2,4,6H,3H2,1H3. The minimum atomic E-state index is -0.856. The summed E-state index contributed by atoms with van der Waals surface area (Å²) in [5.41, 5.74) is 0. The molecule has 0 saturated heterocycles. The third-order valence-corrected chi connectivity index (χ3v) is 0.543. The second-order valence-electron chi connectivity index (χ2n) is 1.05. The average Bonchev–Trinajstić information content (AvgIpc) is 1.65. The number of alkyl halides is 1. The zero-order valence-corrected chi connectivity index (χ0v) is 3.69. The van der Waals surface area contributed by atoms with Gasteiger partial charge in [-0.25, -0.2) is 4.39 Å². The van der Waals surface area contributed by atoms with Gasteiger partial charge in [-0.3, -0.25) is 0 Å². The highest BCUT2D eigenvalue weighted by molar-refractivity contribution is 4.66. The second kappa shape index (κ2) is 3.09. The number of hydrogen-bond acceptors (Lipinski definition) is 1. The van der Waals surface area contributed by atoms with E-state index in [1.807, 2.05) is 0 Å². The predicted octanol–water partition coefficient (Wildman–Crippen LogP) is 0.541. The van der Waals surface area contributed by atoms with Crippen molar-refractivity contribution in [2.75, 3.05) is 6.67 Å². The van der Waals surface area contributed by atoms with Crippen LogP contribution in [0.25, 0.3) is 0 Å². The maximum atomic E-state index is 11.1. The molecule has 1 radical (unpaired) electrons. The Balaban J connectivity index is 2.75. The molecule has 1 nitrogen and oxygen atoms in total.